The molecule has 0 aliphatic carbocycles. The molecule has 14 heteroatoms. The van der Waals surface area contributed by atoms with Gasteiger partial charge in [-0.1, -0.05) is 23.7 Å². The van der Waals surface area contributed by atoms with Gasteiger partial charge in [-0.25, -0.2) is 17.1 Å². The summed E-state index contributed by atoms with van der Waals surface area (Å²) in [6, 6.07) is 7.54. The van der Waals surface area contributed by atoms with Gasteiger partial charge in [0, 0.05) is 52.9 Å². The highest BCUT2D eigenvalue weighted by atomic mass is 35.5. The standard InChI is InChI=1S/C25H27ClF4N4O4S/c1-32(2)39(36,37)23-10-21(26)22(38-25(28,29)30)9-17(23)5-8-24(35)34-19-11-31-12-20(34)15-33(14-19)13-16-3-6-18(27)7-4-16/h3-10,19-20,31H,11-15H2,1-2H3. The van der Waals surface area contributed by atoms with Crippen molar-refractivity contribution >= 4 is 33.6 Å². The highest BCUT2D eigenvalue weighted by Crippen LogP contribution is 2.35. The van der Waals surface area contributed by atoms with Crippen LogP contribution in [0.3, 0.4) is 0 Å². The van der Waals surface area contributed by atoms with Gasteiger partial charge in [0.25, 0.3) is 0 Å². The van der Waals surface area contributed by atoms with E-state index in [0.717, 1.165) is 34.2 Å². The Morgan fingerprint density at radius 3 is 2.33 bits per heavy atom. The molecule has 2 atom stereocenters. The van der Waals surface area contributed by atoms with E-state index in [1.807, 2.05) is 0 Å². The minimum atomic E-state index is -5.06. The van der Waals surface area contributed by atoms with Gasteiger partial charge in [0.15, 0.2) is 0 Å². The molecule has 0 spiro atoms. The second kappa shape index (κ2) is 11.4. The average Bonchev–Trinajstić information content (AvgIpc) is 2.84. The van der Waals surface area contributed by atoms with Gasteiger partial charge in [-0.2, -0.15) is 0 Å². The van der Waals surface area contributed by atoms with E-state index < -0.39 is 33.1 Å². The van der Waals surface area contributed by atoms with Crippen LogP contribution in [0.4, 0.5) is 17.6 Å². The molecule has 2 aliphatic heterocycles. The Morgan fingerprint density at radius 2 is 1.77 bits per heavy atom. The lowest BCUT2D eigenvalue weighted by molar-refractivity contribution is -0.274. The van der Waals surface area contributed by atoms with Crippen molar-refractivity contribution in [1.29, 1.82) is 0 Å². The smallest absolute Gasteiger partial charge is 0.404 e. The summed E-state index contributed by atoms with van der Waals surface area (Å²) < 4.78 is 82.4. The van der Waals surface area contributed by atoms with E-state index >= 15 is 0 Å². The van der Waals surface area contributed by atoms with Gasteiger partial charge in [0.1, 0.15) is 11.6 Å². The van der Waals surface area contributed by atoms with Crippen molar-refractivity contribution in [1.82, 2.24) is 19.4 Å². The van der Waals surface area contributed by atoms with Crippen LogP contribution in [0.1, 0.15) is 11.1 Å². The zero-order chi connectivity index (χ0) is 28.5. The maximum Gasteiger partial charge on any atom is 0.573 e. The van der Waals surface area contributed by atoms with Gasteiger partial charge in [0.2, 0.25) is 15.9 Å². The third-order valence-electron chi connectivity index (χ3n) is 6.51. The molecule has 2 saturated heterocycles. The normalized spacial score (nSPS) is 20.6. The second-order valence-electron chi connectivity index (χ2n) is 9.52. The van der Waals surface area contributed by atoms with E-state index in [-0.39, 0.29) is 28.4 Å². The number of amides is 1. The maximum absolute atomic E-state index is 13.3. The lowest BCUT2D eigenvalue weighted by Gasteiger charge is -2.50. The fourth-order valence-electron chi connectivity index (χ4n) is 4.78. The van der Waals surface area contributed by atoms with Crippen LogP contribution in [0.25, 0.3) is 6.08 Å². The van der Waals surface area contributed by atoms with E-state index in [1.165, 1.54) is 26.2 Å². The number of sulfonamides is 1. The van der Waals surface area contributed by atoms with E-state index in [2.05, 4.69) is 15.0 Å². The Kier molecular flexibility index (Phi) is 8.57. The van der Waals surface area contributed by atoms with Gasteiger partial charge in [-0.3, -0.25) is 9.69 Å². The summed E-state index contributed by atoms with van der Waals surface area (Å²) in [4.78, 5) is 16.8. The predicted molar refractivity (Wildman–Crippen MR) is 137 cm³/mol. The monoisotopic (exact) mass is 590 g/mol. The van der Waals surface area contributed by atoms with Gasteiger partial charge in [-0.05, 0) is 41.5 Å². The number of nitrogens with zero attached hydrogens (tertiary/aromatic N) is 3. The first-order chi connectivity index (χ1) is 18.2. The minimum Gasteiger partial charge on any atom is -0.404 e. The number of carbonyl (C=O) groups is 1. The van der Waals surface area contributed by atoms with Gasteiger partial charge >= 0.3 is 6.36 Å². The Labute approximate surface area is 228 Å². The fourth-order valence-corrected chi connectivity index (χ4v) is 6.13. The van der Waals surface area contributed by atoms with Crippen LogP contribution in [0.5, 0.6) is 5.75 Å². The maximum atomic E-state index is 13.3. The van der Waals surface area contributed by atoms with Crippen LogP contribution in [-0.2, 0) is 21.4 Å². The Morgan fingerprint density at radius 1 is 1.15 bits per heavy atom. The first-order valence-corrected chi connectivity index (χ1v) is 13.8. The summed E-state index contributed by atoms with van der Waals surface area (Å²) in [5.41, 5.74) is 0.760. The molecule has 2 bridgehead atoms. The molecule has 2 aromatic carbocycles. The molecule has 1 amide bonds. The average molecular weight is 591 g/mol. The number of hydrogen-bond donors (Lipinski definition) is 1. The molecule has 0 saturated carbocycles. The van der Waals surface area contributed by atoms with Crippen molar-refractivity contribution in [3.8, 4) is 5.75 Å². The van der Waals surface area contributed by atoms with Crippen molar-refractivity contribution in [2.45, 2.75) is 29.9 Å². The first kappa shape index (κ1) is 29.3. The van der Waals surface area contributed by atoms with Crippen LogP contribution >= 0.6 is 11.6 Å². The molecular formula is C25H27ClF4N4O4S. The van der Waals surface area contributed by atoms with Crippen molar-refractivity contribution in [3.63, 3.8) is 0 Å². The number of rotatable bonds is 7. The van der Waals surface area contributed by atoms with Crippen molar-refractivity contribution < 1.29 is 35.5 Å². The van der Waals surface area contributed by atoms with E-state index in [9.17, 15) is 30.8 Å². The number of ether oxygens (including phenoxy) is 1. The molecule has 2 aromatic rings. The van der Waals surface area contributed by atoms with Gasteiger partial charge < -0.3 is 15.0 Å². The van der Waals surface area contributed by atoms with E-state index in [4.69, 9.17) is 11.6 Å². The molecule has 2 aliphatic rings. The summed E-state index contributed by atoms with van der Waals surface area (Å²) in [6.45, 7) is 2.74. The van der Waals surface area contributed by atoms with Gasteiger partial charge in [0.05, 0.1) is 22.0 Å². The third kappa shape index (κ3) is 6.90. The number of nitrogens with one attached hydrogen (secondary N) is 1. The number of benzene rings is 2. The zero-order valence-electron chi connectivity index (χ0n) is 21.1. The lowest BCUT2D eigenvalue weighted by atomic mass is 10.0. The number of hydrogen-bond acceptors (Lipinski definition) is 6. The molecule has 2 unspecified atom stereocenters. The molecular weight excluding hydrogens is 564 g/mol. The summed E-state index contributed by atoms with van der Waals surface area (Å²) in [7, 11) is -1.59. The van der Waals surface area contributed by atoms with Crippen LogP contribution in [0, 0.1) is 5.82 Å². The van der Waals surface area contributed by atoms with Gasteiger partial charge in [-0.15, -0.1) is 13.2 Å². The SMILES string of the molecule is CN(C)S(=O)(=O)c1cc(Cl)c(OC(F)(F)F)cc1C=CC(=O)N1C2CNCC1CN(Cc1ccc(F)cc1)C2. The minimum absolute atomic E-state index is 0.182. The fraction of sp³-hybridized carbons (Fsp3) is 0.400. The second-order valence-corrected chi connectivity index (χ2v) is 12.0. The van der Waals surface area contributed by atoms with Crippen molar-refractivity contribution in [2.75, 3.05) is 40.3 Å². The Bertz CT molecular complexity index is 1340. The topological polar surface area (TPSA) is 82.2 Å². The molecule has 0 aromatic heterocycles. The number of halogens is 5. The third-order valence-corrected chi connectivity index (χ3v) is 8.68. The number of carbonyl (C=O) groups excluding carboxylic acids is 1. The molecule has 4 rings (SSSR count). The van der Waals surface area contributed by atoms with Crippen molar-refractivity contribution in [3.05, 3.63) is 64.4 Å². The molecule has 212 valence electrons. The predicted octanol–water partition coefficient (Wildman–Crippen LogP) is 3.33. The summed E-state index contributed by atoms with van der Waals surface area (Å²) >= 11 is 5.91. The molecule has 39 heavy (non-hydrogen) atoms. The largest absolute Gasteiger partial charge is 0.573 e. The first-order valence-electron chi connectivity index (χ1n) is 11.9. The molecule has 1 N–H and O–H groups in total. The highest BCUT2D eigenvalue weighted by Gasteiger charge is 2.39. The van der Waals surface area contributed by atoms with Crippen LogP contribution in [-0.4, -0.2) is 87.2 Å². The molecule has 8 nitrogen and oxygen atoms in total. The Hall–Kier alpha value is -2.71. The molecule has 2 fully saturated rings. The summed E-state index contributed by atoms with van der Waals surface area (Å²) in [6.07, 6.45) is -2.75. The van der Waals surface area contributed by atoms with E-state index in [1.54, 1.807) is 17.0 Å². The zero-order valence-corrected chi connectivity index (χ0v) is 22.7. The van der Waals surface area contributed by atoms with Crippen LogP contribution in [0.2, 0.25) is 5.02 Å². The number of alkyl halides is 3. The van der Waals surface area contributed by atoms with Crippen LogP contribution < -0.4 is 10.1 Å². The highest BCUT2D eigenvalue weighted by molar-refractivity contribution is 7.89. The lowest BCUT2D eigenvalue weighted by Crippen LogP contribution is -2.68. The molecule has 0 radical (unpaired) electrons. The molecule has 2 heterocycles. The Balaban J connectivity index is 1.58. The summed E-state index contributed by atoms with van der Waals surface area (Å²) in [5, 5.41) is 2.75. The number of fused-ring (bicyclic) bond motifs is 2. The van der Waals surface area contributed by atoms with Crippen molar-refractivity contribution in [2.24, 2.45) is 0 Å². The van der Waals surface area contributed by atoms with Crippen LogP contribution in [0.15, 0.2) is 47.4 Å². The number of piperazine rings is 2. The quantitative estimate of drug-likeness (QED) is 0.394. The summed E-state index contributed by atoms with van der Waals surface area (Å²) in [5.74, 6) is -1.51. The van der Waals surface area contributed by atoms with E-state index in [0.29, 0.717) is 32.7 Å².